The summed E-state index contributed by atoms with van der Waals surface area (Å²) in [5.74, 6) is -0.466. The molecular weight excluding hydrogens is 280 g/mol. The summed E-state index contributed by atoms with van der Waals surface area (Å²) in [6, 6.07) is 5.02. The van der Waals surface area contributed by atoms with Gasteiger partial charge >= 0.3 is 5.97 Å². The van der Waals surface area contributed by atoms with Crippen molar-refractivity contribution < 1.29 is 14.6 Å². The maximum Gasteiger partial charge on any atom is 0.342 e. The summed E-state index contributed by atoms with van der Waals surface area (Å²) in [6.45, 7) is 4.85. The number of hydrogen-bond acceptors (Lipinski definition) is 5. The molecule has 0 amide bonds. The van der Waals surface area contributed by atoms with E-state index in [9.17, 15) is 9.90 Å². The van der Waals surface area contributed by atoms with E-state index in [4.69, 9.17) is 4.74 Å². The van der Waals surface area contributed by atoms with Gasteiger partial charge in [0.2, 0.25) is 0 Å². The highest BCUT2D eigenvalue weighted by Gasteiger charge is 2.22. The minimum absolute atomic E-state index is 0.0283. The van der Waals surface area contributed by atoms with Gasteiger partial charge in [-0.2, -0.15) is 0 Å². The fourth-order valence-corrected chi connectivity index (χ4v) is 2.54. The zero-order chi connectivity index (χ0) is 15.9. The molecule has 0 saturated carbocycles. The van der Waals surface area contributed by atoms with Gasteiger partial charge in [-0.05, 0) is 38.4 Å². The fraction of sp³-hybridized carbons (Fsp3) is 0.588. The van der Waals surface area contributed by atoms with Crippen LogP contribution in [-0.2, 0) is 4.74 Å². The Bertz CT molecular complexity index is 497. The molecule has 1 aromatic rings. The van der Waals surface area contributed by atoms with Crippen molar-refractivity contribution in [2.45, 2.75) is 38.7 Å². The highest BCUT2D eigenvalue weighted by Crippen LogP contribution is 2.24. The summed E-state index contributed by atoms with van der Waals surface area (Å²) in [5.41, 5.74) is 1.06. The molecule has 1 aliphatic heterocycles. The third kappa shape index (κ3) is 4.63. The molecule has 5 heteroatoms. The van der Waals surface area contributed by atoms with Gasteiger partial charge in [0.1, 0.15) is 17.4 Å². The predicted octanol–water partition coefficient (Wildman–Crippen LogP) is 2.86. The molecule has 5 nitrogen and oxygen atoms in total. The Kier molecular flexibility index (Phi) is 6.07. The van der Waals surface area contributed by atoms with Crippen molar-refractivity contribution in [3.05, 3.63) is 23.8 Å². The molecule has 1 aliphatic rings. The van der Waals surface area contributed by atoms with E-state index in [1.807, 2.05) is 0 Å². The van der Waals surface area contributed by atoms with Crippen molar-refractivity contribution in [3.63, 3.8) is 0 Å². The summed E-state index contributed by atoms with van der Waals surface area (Å²) >= 11 is 0. The quantitative estimate of drug-likeness (QED) is 0.625. The number of benzene rings is 1. The van der Waals surface area contributed by atoms with E-state index >= 15 is 0 Å². The molecule has 1 saturated heterocycles. The van der Waals surface area contributed by atoms with Crippen molar-refractivity contribution in [1.82, 2.24) is 4.90 Å². The maximum atomic E-state index is 12.2. The minimum atomic E-state index is -0.438. The summed E-state index contributed by atoms with van der Waals surface area (Å²) in [4.78, 5) is 14.4. The molecule has 0 radical (unpaired) electrons. The number of nitrogens with zero attached hydrogens (tertiary/aromatic N) is 1. The molecule has 1 aromatic carbocycles. The standard InChI is InChI=1S/C17H26N2O3/c1-3-4-9-18-13-5-6-15(16(20)12-13)17(21)22-14-7-10-19(2)11-8-14/h5-6,12,14,18,20H,3-4,7-11H2,1-2H3. The Morgan fingerprint density at radius 1 is 1.41 bits per heavy atom. The van der Waals surface area contributed by atoms with Crippen molar-refractivity contribution in [3.8, 4) is 5.75 Å². The number of carbonyl (C=O) groups is 1. The van der Waals surface area contributed by atoms with Crippen molar-refractivity contribution in [1.29, 1.82) is 0 Å². The minimum Gasteiger partial charge on any atom is -0.507 e. The first-order valence-electron chi connectivity index (χ1n) is 8.06. The molecule has 0 unspecified atom stereocenters. The molecule has 1 fully saturated rings. The van der Waals surface area contributed by atoms with Gasteiger partial charge in [0, 0.05) is 31.4 Å². The zero-order valence-corrected chi connectivity index (χ0v) is 13.5. The topological polar surface area (TPSA) is 61.8 Å². The third-order valence-corrected chi connectivity index (χ3v) is 4.02. The number of hydrogen-bond donors (Lipinski definition) is 2. The number of likely N-dealkylation sites (tertiary alicyclic amines) is 1. The number of esters is 1. The molecule has 0 atom stereocenters. The number of phenols is 1. The van der Waals surface area contributed by atoms with Crippen molar-refractivity contribution in [2.24, 2.45) is 0 Å². The Hall–Kier alpha value is -1.75. The van der Waals surface area contributed by atoms with E-state index < -0.39 is 5.97 Å². The average Bonchev–Trinajstić information content (AvgIpc) is 2.50. The van der Waals surface area contributed by atoms with E-state index in [2.05, 4.69) is 24.2 Å². The molecule has 2 N–H and O–H groups in total. The Balaban J connectivity index is 1.92. The summed E-state index contributed by atoms with van der Waals surface area (Å²) in [7, 11) is 2.06. The lowest BCUT2D eigenvalue weighted by atomic mass is 10.1. The van der Waals surface area contributed by atoms with Gasteiger partial charge in [-0.3, -0.25) is 0 Å². The van der Waals surface area contributed by atoms with Crippen LogP contribution in [0.3, 0.4) is 0 Å². The van der Waals surface area contributed by atoms with Crippen LogP contribution >= 0.6 is 0 Å². The molecule has 122 valence electrons. The molecule has 2 rings (SSSR count). The van der Waals surface area contributed by atoms with Crippen LogP contribution in [0.25, 0.3) is 0 Å². The van der Waals surface area contributed by atoms with E-state index in [0.717, 1.165) is 51.0 Å². The average molecular weight is 306 g/mol. The molecule has 0 aromatic heterocycles. The monoisotopic (exact) mass is 306 g/mol. The Morgan fingerprint density at radius 2 is 2.14 bits per heavy atom. The molecule has 0 spiro atoms. The number of piperidine rings is 1. The van der Waals surface area contributed by atoms with Gasteiger partial charge in [-0.25, -0.2) is 4.79 Å². The van der Waals surface area contributed by atoms with Crippen molar-refractivity contribution in [2.75, 3.05) is 32.0 Å². The highest BCUT2D eigenvalue weighted by molar-refractivity contribution is 5.93. The lowest BCUT2D eigenvalue weighted by Crippen LogP contribution is -2.35. The Labute approximate surface area is 132 Å². The first-order chi connectivity index (χ1) is 10.6. The second-order valence-electron chi connectivity index (χ2n) is 5.92. The number of ether oxygens (including phenoxy) is 1. The van der Waals surface area contributed by atoms with Crippen LogP contribution in [0.15, 0.2) is 18.2 Å². The zero-order valence-electron chi connectivity index (χ0n) is 13.5. The summed E-state index contributed by atoms with van der Waals surface area (Å²) < 4.78 is 5.50. The van der Waals surface area contributed by atoms with Crippen LogP contribution in [0.5, 0.6) is 5.75 Å². The van der Waals surface area contributed by atoms with Gasteiger partial charge in [-0.15, -0.1) is 0 Å². The van der Waals surface area contributed by atoms with Crippen LogP contribution in [0.1, 0.15) is 43.0 Å². The smallest absolute Gasteiger partial charge is 0.342 e. The van der Waals surface area contributed by atoms with Gasteiger partial charge in [0.25, 0.3) is 0 Å². The first-order valence-corrected chi connectivity index (χ1v) is 8.06. The second-order valence-corrected chi connectivity index (χ2v) is 5.92. The SMILES string of the molecule is CCCCNc1ccc(C(=O)OC2CCN(C)CC2)c(O)c1. The predicted molar refractivity (Wildman–Crippen MR) is 87.4 cm³/mol. The highest BCUT2D eigenvalue weighted by atomic mass is 16.5. The van der Waals surface area contributed by atoms with E-state index in [0.29, 0.717) is 0 Å². The van der Waals surface area contributed by atoms with Crippen molar-refractivity contribution >= 4 is 11.7 Å². The number of aromatic hydroxyl groups is 1. The number of nitrogens with one attached hydrogen (secondary N) is 1. The first kappa shape index (κ1) is 16.6. The van der Waals surface area contributed by atoms with E-state index in [-0.39, 0.29) is 17.4 Å². The molecular formula is C17H26N2O3. The largest absolute Gasteiger partial charge is 0.507 e. The molecule has 0 bridgehead atoms. The normalized spacial score (nSPS) is 16.5. The molecule has 0 aliphatic carbocycles. The molecule has 1 heterocycles. The van der Waals surface area contributed by atoms with Crippen LogP contribution in [0.2, 0.25) is 0 Å². The number of unbranched alkanes of at least 4 members (excludes halogenated alkanes) is 1. The van der Waals surface area contributed by atoms with Gasteiger partial charge in [0.15, 0.2) is 0 Å². The van der Waals surface area contributed by atoms with Crippen LogP contribution in [0.4, 0.5) is 5.69 Å². The van der Waals surface area contributed by atoms with E-state index in [1.165, 1.54) is 0 Å². The number of phenolic OH excluding ortho intramolecular Hbond substituents is 1. The fourth-order valence-electron chi connectivity index (χ4n) is 2.54. The van der Waals surface area contributed by atoms with Gasteiger partial charge in [-0.1, -0.05) is 13.3 Å². The van der Waals surface area contributed by atoms with E-state index in [1.54, 1.807) is 18.2 Å². The van der Waals surface area contributed by atoms with Gasteiger partial charge in [0.05, 0.1) is 0 Å². The van der Waals surface area contributed by atoms with Gasteiger partial charge < -0.3 is 20.1 Å². The number of rotatable bonds is 6. The Morgan fingerprint density at radius 3 is 2.77 bits per heavy atom. The summed E-state index contributed by atoms with van der Waals surface area (Å²) in [5, 5.41) is 13.3. The summed E-state index contributed by atoms with van der Waals surface area (Å²) in [6.07, 6.45) is 3.82. The lowest BCUT2D eigenvalue weighted by Gasteiger charge is -2.28. The third-order valence-electron chi connectivity index (χ3n) is 4.02. The maximum absolute atomic E-state index is 12.2. The lowest BCUT2D eigenvalue weighted by molar-refractivity contribution is 0.0137. The second kappa shape index (κ2) is 8.03. The number of anilines is 1. The van der Waals surface area contributed by atoms with Crippen LogP contribution < -0.4 is 5.32 Å². The van der Waals surface area contributed by atoms with Crippen LogP contribution in [0, 0.1) is 0 Å². The van der Waals surface area contributed by atoms with Crippen LogP contribution in [-0.4, -0.2) is 48.8 Å². The molecule has 22 heavy (non-hydrogen) atoms. The number of carbonyl (C=O) groups excluding carboxylic acids is 1.